The maximum atomic E-state index is 3.46. The third-order valence-corrected chi connectivity index (χ3v) is 0.662. The van der Waals surface area contributed by atoms with Crippen LogP contribution in [0.4, 0.5) is 0 Å². The highest BCUT2D eigenvalue weighted by atomic mass is 13.5. The Morgan fingerprint density at radius 2 is 1.33 bits per heavy atom. The van der Waals surface area contributed by atoms with Crippen molar-refractivity contribution in [3.63, 3.8) is 0 Å². The molecule has 0 heterocycles. The zero-order chi connectivity index (χ0) is 7.54. The van der Waals surface area contributed by atoms with Gasteiger partial charge in [0, 0.05) is 0 Å². The number of allylic oxidation sites excluding steroid dienone is 5. The van der Waals surface area contributed by atoms with E-state index in [0.29, 0.717) is 0 Å². The molecule has 9 heavy (non-hydrogen) atoms. The molecular weight excluding hydrogens is 108 g/mol. The Bertz CT molecular complexity index is 82.2. The standard InChI is InChI=1S/C5H8.C4H8/c1-3-5-4-2;1-3-4-2/h3-5H,1H2,2H3;3-4H,1-2H3. The van der Waals surface area contributed by atoms with E-state index in [0.717, 1.165) is 0 Å². The van der Waals surface area contributed by atoms with E-state index in [1.807, 2.05) is 45.1 Å². The molecule has 0 aromatic carbocycles. The van der Waals surface area contributed by atoms with Crippen LogP contribution in [-0.4, -0.2) is 0 Å². The molecule has 0 unspecified atom stereocenters. The Morgan fingerprint density at radius 3 is 1.33 bits per heavy atom. The SMILES string of the molecule is C=CC=CC.CC=CC. The van der Waals surface area contributed by atoms with Crippen molar-refractivity contribution in [2.75, 3.05) is 0 Å². The van der Waals surface area contributed by atoms with Gasteiger partial charge in [0.1, 0.15) is 0 Å². The second kappa shape index (κ2) is 15.7. The van der Waals surface area contributed by atoms with Gasteiger partial charge < -0.3 is 0 Å². The molecule has 0 N–H and O–H groups in total. The molecule has 0 atom stereocenters. The second-order valence-electron chi connectivity index (χ2n) is 1.43. The first-order chi connectivity index (χ1) is 4.33. The summed E-state index contributed by atoms with van der Waals surface area (Å²) >= 11 is 0. The molecule has 0 aromatic heterocycles. The Labute approximate surface area is 58.6 Å². The predicted octanol–water partition coefficient (Wildman–Crippen LogP) is 3.33. The lowest BCUT2D eigenvalue weighted by molar-refractivity contribution is 1.64. The molecule has 0 fully saturated rings. The molecule has 0 rings (SSSR count). The van der Waals surface area contributed by atoms with Crippen LogP contribution < -0.4 is 0 Å². The molecule has 0 radical (unpaired) electrons. The molecule has 0 nitrogen and oxygen atoms in total. The van der Waals surface area contributed by atoms with Crippen LogP contribution in [0.25, 0.3) is 0 Å². The Morgan fingerprint density at radius 1 is 0.889 bits per heavy atom. The number of hydrogen-bond donors (Lipinski definition) is 0. The van der Waals surface area contributed by atoms with Crippen LogP contribution in [0.3, 0.4) is 0 Å². The Balaban J connectivity index is 0. The maximum absolute atomic E-state index is 3.46. The van der Waals surface area contributed by atoms with E-state index in [9.17, 15) is 0 Å². The van der Waals surface area contributed by atoms with Gasteiger partial charge in [0.05, 0.1) is 0 Å². The summed E-state index contributed by atoms with van der Waals surface area (Å²) in [5, 5.41) is 0. The van der Waals surface area contributed by atoms with Crippen LogP contribution in [0.1, 0.15) is 20.8 Å². The highest BCUT2D eigenvalue weighted by molar-refractivity contribution is 4.94. The van der Waals surface area contributed by atoms with E-state index in [1.165, 1.54) is 0 Å². The minimum atomic E-state index is 1.75. The predicted molar refractivity (Wildman–Crippen MR) is 45.5 cm³/mol. The van der Waals surface area contributed by atoms with Crippen LogP contribution >= 0.6 is 0 Å². The first-order valence-corrected chi connectivity index (χ1v) is 3.14. The van der Waals surface area contributed by atoms with Crippen molar-refractivity contribution >= 4 is 0 Å². The first kappa shape index (κ1) is 11.1. The topological polar surface area (TPSA) is 0 Å². The minimum Gasteiger partial charge on any atom is -0.0991 e. The lowest BCUT2D eigenvalue weighted by Crippen LogP contribution is -1.33. The fourth-order valence-electron chi connectivity index (χ4n) is 0.136. The highest BCUT2D eigenvalue weighted by Gasteiger charge is 1.42. The molecule has 0 aromatic rings. The summed E-state index contributed by atoms with van der Waals surface area (Å²) in [5.41, 5.74) is 0. The van der Waals surface area contributed by atoms with E-state index in [1.54, 1.807) is 6.08 Å². The highest BCUT2D eigenvalue weighted by Crippen LogP contribution is 1.64. The summed E-state index contributed by atoms with van der Waals surface area (Å²) in [6.45, 7) is 9.42. The molecule has 0 saturated carbocycles. The van der Waals surface area contributed by atoms with Crippen LogP contribution in [0, 0.1) is 0 Å². The van der Waals surface area contributed by atoms with Gasteiger partial charge in [-0.15, -0.1) is 0 Å². The van der Waals surface area contributed by atoms with Crippen molar-refractivity contribution in [1.82, 2.24) is 0 Å². The normalized spacial score (nSPS) is 9.22. The molecule has 0 heteroatoms. The fourth-order valence-corrected chi connectivity index (χ4v) is 0.136. The van der Waals surface area contributed by atoms with Crippen molar-refractivity contribution in [1.29, 1.82) is 0 Å². The van der Waals surface area contributed by atoms with Gasteiger partial charge in [0.25, 0.3) is 0 Å². The van der Waals surface area contributed by atoms with Crippen molar-refractivity contribution in [3.05, 3.63) is 37.0 Å². The summed E-state index contributed by atoms with van der Waals surface area (Å²) in [6.07, 6.45) is 9.58. The fraction of sp³-hybridized carbons (Fsp3) is 0.333. The van der Waals surface area contributed by atoms with Crippen molar-refractivity contribution < 1.29 is 0 Å². The van der Waals surface area contributed by atoms with E-state index >= 15 is 0 Å². The first-order valence-electron chi connectivity index (χ1n) is 3.14. The average Bonchev–Trinajstić information content (AvgIpc) is 1.91. The van der Waals surface area contributed by atoms with E-state index in [-0.39, 0.29) is 0 Å². The summed E-state index contributed by atoms with van der Waals surface area (Å²) in [4.78, 5) is 0. The van der Waals surface area contributed by atoms with Crippen molar-refractivity contribution in [3.8, 4) is 0 Å². The summed E-state index contributed by atoms with van der Waals surface area (Å²) in [6, 6.07) is 0. The van der Waals surface area contributed by atoms with E-state index < -0.39 is 0 Å². The molecule has 0 amide bonds. The van der Waals surface area contributed by atoms with E-state index in [2.05, 4.69) is 6.58 Å². The zero-order valence-electron chi connectivity index (χ0n) is 6.59. The summed E-state index contributed by atoms with van der Waals surface area (Å²) in [7, 11) is 0. The molecule has 0 saturated heterocycles. The lowest BCUT2D eigenvalue weighted by atomic mass is 10.5. The minimum absolute atomic E-state index is 1.75. The van der Waals surface area contributed by atoms with Crippen molar-refractivity contribution in [2.24, 2.45) is 0 Å². The molecule has 52 valence electrons. The molecule has 0 bridgehead atoms. The summed E-state index contributed by atoms with van der Waals surface area (Å²) < 4.78 is 0. The van der Waals surface area contributed by atoms with Gasteiger partial charge in [0.15, 0.2) is 0 Å². The molecule has 0 aliphatic rings. The summed E-state index contributed by atoms with van der Waals surface area (Å²) in [5.74, 6) is 0. The third-order valence-electron chi connectivity index (χ3n) is 0.662. The van der Waals surface area contributed by atoms with Gasteiger partial charge in [-0.25, -0.2) is 0 Å². The van der Waals surface area contributed by atoms with Crippen molar-refractivity contribution in [2.45, 2.75) is 20.8 Å². The lowest BCUT2D eigenvalue weighted by Gasteiger charge is -1.56. The van der Waals surface area contributed by atoms with Crippen LogP contribution in [0.2, 0.25) is 0 Å². The van der Waals surface area contributed by atoms with Gasteiger partial charge in [-0.3, -0.25) is 0 Å². The van der Waals surface area contributed by atoms with Crippen LogP contribution in [0.5, 0.6) is 0 Å². The smallest absolute Gasteiger partial charge is 0.0467 e. The van der Waals surface area contributed by atoms with Gasteiger partial charge in [-0.1, -0.05) is 37.0 Å². The van der Waals surface area contributed by atoms with Gasteiger partial charge in [-0.05, 0) is 20.8 Å². The zero-order valence-corrected chi connectivity index (χ0v) is 6.59. The van der Waals surface area contributed by atoms with Crippen LogP contribution in [-0.2, 0) is 0 Å². The number of hydrogen-bond acceptors (Lipinski definition) is 0. The van der Waals surface area contributed by atoms with E-state index in [4.69, 9.17) is 0 Å². The van der Waals surface area contributed by atoms with Gasteiger partial charge in [0.2, 0.25) is 0 Å². The van der Waals surface area contributed by atoms with Crippen LogP contribution in [0.15, 0.2) is 37.0 Å². The molecule has 0 spiro atoms. The maximum Gasteiger partial charge on any atom is -0.0467 e. The second-order valence-corrected chi connectivity index (χ2v) is 1.43. The Kier molecular flexibility index (Phi) is 19.3. The Hall–Kier alpha value is -0.780. The van der Waals surface area contributed by atoms with Gasteiger partial charge in [-0.2, -0.15) is 0 Å². The van der Waals surface area contributed by atoms with Gasteiger partial charge >= 0.3 is 0 Å². The molecule has 0 aliphatic heterocycles. The largest absolute Gasteiger partial charge is 0.0991 e. The number of rotatable bonds is 1. The molecule has 0 aliphatic carbocycles. The quantitative estimate of drug-likeness (QED) is 0.371. The monoisotopic (exact) mass is 124 g/mol. The molecular formula is C9H16. The third kappa shape index (κ3) is 39.9. The average molecular weight is 124 g/mol.